The minimum Gasteiger partial charge on any atom is -0.478 e. The molecule has 0 aliphatic carbocycles. The van der Waals surface area contributed by atoms with Crippen molar-refractivity contribution in [2.24, 2.45) is 0 Å². The van der Waals surface area contributed by atoms with E-state index in [2.05, 4.69) is 4.98 Å². The summed E-state index contributed by atoms with van der Waals surface area (Å²) < 4.78 is 22.9. The Kier molecular flexibility index (Phi) is 3.49. The van der Waals surface area contributed by atoms with Crippen LogP contribution >= 0.6 is 0 Å². The molecule has 1 saturated heterocycles. The van der Waals surface area contributed by atoms with E-state index in [9.17, 15) is 13.2 Å². The summed E-state index contributed by atoms with van der Waals surface area (Å²) in [6, 6.07) is 3.02. The van der Waals surface area contributed by atoms with Gasteiger partial charge in [0.2, 0.25) is 0 Å². The molecule has 104 valence electrons. The lowest BCUT2D eigenvalue weighted by Crippen LogP contribution is -2.33. The van der Waals surface area contributed by atoms with Gasteiger partial charge >= 0.3 is 5.97 Å². The summed E-state index contributed by atoms with van der Waals surface area (Å²) in [5, 5.41) is 8.94. The number of anilines is 1. The van der Waals surface area contributed by atoms with Crippen LogP contribution in [0.25, 0.3) is 0 Å². The second-order valence-corrected chi connectivity index (χ2v) is 7.00. The molecular weight excluding hydrogens is 268 g/mol. The van der Waals surface area contributed by atoms with Crippen LogP contribution in [0, 0.1) is 6.92 Å². The van der Waals surface area contributed by atoms with Gasteiger partial charge < -0.3 is 10.0 Å². The second kappa shape index (κ2) is 4.80. The quantitative estimate of drug-likeness (QED) is 0.879. The average molecular weight is 284 g/mol. The molecule has 1 aromatic heterocycles. The molecule has 1 fully saturated rings. The van der Waals surface area contributed by atoms with E-state index in [-0.39, 0.29) is 23.1 Å². The fraction of sp³-hybridized carbons (Fsp3) is 0.500. The molecule has 2 rings (SSSR count). The highest BCUT2D eigenvalue weighted by atomic mass is 32.2. The highest BCUT2D eigenvalue weighted by Crippen LogP contribution is 2.22. The summed E-state index contributed by atoms with van der Waals surface area (Å²) in [6.45, 7) is 1.63. The van der Waals surface area contributed by atoms with Gasteiger partial charge in [0.15, 0.2) is 9.84 Å². The Morgan fingerprint density at radius 1 is 1.47 bits per heavy atom. The Hall–Kier alpha value is -1.63. The summed E-state index contributed by atoms with van der Waals surface area (Å²) in [7, 11) is -1.16. The van der Waals surface area contributed by atoms with Gasteiger partial charge in [0.1, 0.15) is 5.82 Å². The molecule has 1 atom stereocenters. The van der Waals surface area contributed by atoms with Gasteiger partial charge in [-0.2, -0.15) is 0 Å². The number of aromatic nitrogens is 1. The standard InChI is InChI=1S/C12H16N2O4S/c1-8-10(12(15)16)3-4-11(13-8)14(2)9-5-6-19(17,18)7-9/h3-4,9H,5-7H2,1-2H3,(H,15,16). The molecule has 0 amide bonds. The number of hydrogen-bond donors (Lipinski definition) is 1. The zero-order valence-electron chi connectivity index (χ0n) is 10.8. The van der Waals surface area contributed by atoms with E-state index >= 15 is 0 Å². The summed E-state index contributed by atoms with van der Waals surface area (Å²) in [5.74, 6) is -0.0775. The van der Waals surface area contributed by atoms with Crippen LogP contribution in [0.5, 0.6) is 0 Å². The number of rotatable bonds is 3. The van der Waals surface area contributed by atoms with Crippen molar-refractivity contribution in [3.8, 4) is 0 Å². The lowest BCUT2D eigenvalue weighted by Gasteiger charge is -2.24. The van der Waals surface area contributed by atoms with Crippen LogP contribution in [0.1, 0.15) is 22.5 Å². The van der Waals surface area contributed by atoms with Crippen molar-refractivity contribution in [1.82, 2.24) is 4.98 Å². The van der Waals surface area contributed by atoms with E-state index in [1.807, 2.05) is 4.90 Å². The van der Waals surface area contributed by atoms with E-state index in [4.69, 9.17) is 5.11 Å². The Morgan fingerprint density at radius 3 is 2.63 bits per heavy atom. The van der Waals surface area contributed by atoms with Gasteiger partial charge in [0, 0.05) is 13.1 Å². The molecular formula is C12H16N2O4S. The van der Waals surface area contributed by atoms with Crippen molar-refractivity contribution >= 4 is 21.6 Å². The molecule has 0 spiro atoms. The van der Waals surface area contributed by atoms with Crippen molar-refractivity contribution in [3.05, 3.63) is 23.4 Å². The molecule has 19 heavy (non-hydrogen) atoms. The van der Waals surface area contributed by atoms with E-state index < -0.39 is 15.8 Å². The molecule has 6 nitrogen and oxygen atoms in total. The molecule has 0 saturated carbocycles. The third kappa shape index (κ3) is 2.86. The molecule has 2 heterocycles. The van der Waals surface area contributed by atoms with Crippen LogP contribution in [-0.4, -0.2) is 49.1 Å². The van der Waals surface area contributed by atoms with Crippen molar-refractivity contribution in [2.45, 2.75) is 19.4 Å². The molecule has 1 unspecified atom stereocenters. The third-order valence-electron chi connectivity index (χ3n) is 3.42. The summed E-state index contributed by atoms with van der Waals surface area (Å²) in [6.07, 6.45) is 0.584. The van der Waals surface area contributed by atoms with Crippen LogP contribution in [0.3, 0.4) is 0 Å². The van der Waals surface area contributed by atoms with Crippen molar-refractivity contribution in [2.75, 3.05) is 23.5 Å². The number of hydrogen-bond acceptors (Lipinski definition) is 5. The third-order valence-corrected chi connectivity index (χ3v) is 5.17. The van der Waals surface area contributed by atoms with Crippen molar-refractivity contribution in [3.63, 3.8) is 0 Å². The number of carbonyl (C=O) groups is 1. The fourth-order valence-electron chi connectivity index (χ4n) is 2.24. The smallest absolute Gasteiger partial charge is 0.337 e. The monoisotopic (exact) mass is 284 g/mol. The first-order valence-corrected chi connectivity index (χ1v) is 7.76. The molecule has 0 bridgehead atoms. The van der Waals surface area contributed by atoms with E-state index in [1.54, 1.807) is 20.0 Å². The SMILES string of the molecule is Cc1nc(N(C)C2CCS(=O)(=O)C2)ccc1C(=O)O. The number of aryl methyl sites for hydroxylation is 1. The van der Waals surface area contributed by atoms with Crippen LogP contribution in [0.4, 0.5) is 5.82 Å². The highest BCUT2D eigenvalue weighted by Gasteiger charge is 2.31. The number of sulfone groups is 1. The minimum atomic E-state index is -2.94. The molecule has 1 N–H and O–H groups in total. The van der Waals surface area contributed by atoms with Gasteiger partial charge in [-0.15, -0.1) is 0 Å². The maximum Gasteiger partial charge on any atom is 0.337 e. The van der Waals surface area contributed by atoms with Crippen LogP contribution in [0.2, 0.25) is 0 Å². The summed E-state index contributed by atoms with van der Waals surface area (Å²) in [4.78, 5) is 17.0. The highest BCUT2D eigenvalue weighted by molar-refractivity contribution is 7.91. The fourth-order valence-corrected chi connectivity index (χ4v) is 4.01. The molecule has 0 aromatic carbocycles. The first-order valence-electron chi connectivity index (χ1n) is 5.94. The first-order chi connectivity index (χ1) is 8.80. The van der Waals surface area contributed by atoms with Crippen LogP contribution in [0.15, 0.2) is 12.1 Å². The maximum absolute atomic E-state index is 11.5. The number of carboxylic acids is 1. The normalized spacial score (nSPS) is 21.3. The predicted molar refractivity (Wildman–Crippen MR) is 71.4 cm³/mol. The van der Waals surface area contributed by atoms with Crippen molar-refractivity contribution < 1.29 is 18.3 Å². The molecule has 1 aliphatic rings. The Morgan fingerprint density at radius 2 is 2.16 bits per heavy atom. The topological polar surface area (TPSA) is 87.6 Å². The predicted octanol–water partition coefficient (Wildman–Crippen LogP) is 0.712. The van der Waals surface area contributed by atoms with Gasteiger partial charge in [0.05, 0.1) is 22.8 Å². The van der Waals surface area contributed by atoms with E-state index in [0.717, 1.165) is 0 Å². The van der Waals surface area contributed by atoms with Gasteiger partial charge in [-0.3, -0.25) is 0 Å². The number of nitrogens with zero attached hydrogens (tertiary/aromatic N) is 2. The van der Waals surface area contributed by atoms with E-state index in [1.165, 1.54) is 6.07 Å². The van der Waals surface area contributed by atoms with Gasteiger partial charge in [-0.05, 0) is 25.5 Å². The average Bonchev–Trinajstić information content (AvgIpc) is 2.68. The Labute approximate surface area is 112 Å². The van der Waals surface area contributed by atoms with E-state index in [0.29, 0.717) is 17.9 Å². The molecule has 0 radical (unpaired) electrons. The number of aromatic carboxylic acids is 1. The molecule has 7 heteroatoms. The van der Waals surface area contributed by atoms with Crippen LogP contribution < -0.4 is 4.90 Å². The molecule has 1 aromatic rings. The zero-order chi connectivity index (χ0) is 14.2. The van der Waals surface area contributed by atoms with Gasteiger partial charge in [-0.1, -0.05) is 0 Å². The Balaban J connectivity index is 2.23. The second-order valence-electron chi connectivity index (χ2n) is 4.78. The summed E-state index contributed by atoms with van der Waals surface area (Å²) >= 11 is 0. The largest absolute Gasteiger partial charge is 0.478 e. The number of carboxylic acid groups (broad SMARTS) is 1. The Bertz CT molecular complexity index is 612. The summed E-state index contributed by atoms with van der Waals surface area (Å²) in [5.41, 5.74) is 0.592. The van der Waals surface area contributed by atoms with Crippen molar-refractivity contribution in [1.29, 1.82) is 0 Å². The first kappa shape index (κ1) is 13.8. The zero-order valence-corrected chi connectivity index (χ0v) is 11.6. The van der Waals surface area contributed by atoms with Crippen LogP contribution in [-0.2, 0) is 9.84 Å². The van der Waals surface area contributed by atoms with Gasteiger partial charge in [-0.25, -0.2) is 18.2 Å². The molecule has 1 aliphatic heterocycles. The lowest BCUT2D eigenvalue weighted by atomic mass is 10.2. The maximum atomic E-state index is 11.5. The minimum absolute atomic E-state index is 0.0902. The van der Waals surface area contributed by atoms with Gasteiger partial charge in [0.25, 0.3) is 0 Å². The number of pyridine rings is 1. The lowest BCUT2D eigenvalue weighted by molar-refractivity contribution is 0.0695.